The summed E-state index contributed by atoms with van der Waals surface area (Å²) in [4.78, 5) is 41.4. The van der Waals surface area contributed by atoms with E-state index < -0.39 is 0 Å². The van der Waals surface area contributed by atoms with Crippen LogP contribution >= 0.6 is 0 Å². The summed E-state index contributed by atoms with van der Waals surface area (Å²) < 4.78 is 0. The summed E-state index contributed by atoms with van der Waals surface area (Å²) in [7, 11) is 1.85. The number of rotatable bonds is 7. The Morgan fingerprint density at radius 2 is 2.00 bits per heavy atom. The summed E-state index contributed by atoms with van der Waals surface area (Å²) in [5.41, 5.74) is 1.52. The van der Waals surface area contributed by atoms with Crippen molar-refractivity contribution >= 4 is 11.8 Å². The summed E-state index contributed by atoms with van der Waals surface area (Å²) in [5.74, 6) is 1.14. The first-order valence-electron chi connectivity index (χ1n) is 10.2. The second-order valence-corrected chi connectivity index (χ2v) is 7.70. The molecule has 0 spiro atoms. The Kier molecular flexibility index (Phi) is 7.27. The Hall–Kier alpha value is -2.83. The molecule has 3 rings (SSSR count). The summed E-state index contributed by atoms with van der Waals surface area (Å²) in [6.07, 6.45) is 9.05. The monoisotopic (exact) mass is 395 g/mol. The van der Waals surface area contributed by atoms with Crippen molar-refractivity contribution in [3.63, 3.8) is 0 Å². The van der Waals surface area contributed by atoms with E-state index in [1.54, 1.807) is 30.4 Å². The molecule has 1 aliphatic rings. The topological polar surface area (TPSA) is 79.3 Å². The number of hydrogen-bond acceptors (Lipinski definition) is 5. The van der Waals surface area contributed by atoms with Gasteiger partial charge in [0.2, 0.25) is 5.91 Å². The highest BCUT2D eigenvalue weighted by Gasteiger charge is 2.25. The van der Waals surface area contributed by atoms with E-state index in [2.05, 4.69) is 15.0 Å². The molecule has 0 N–H and O–H groups in total. The lowest BCUT2D eigenvalue weighted by Crippen LogP contribution is -2.40. The van der Waals surface area contributed by atoms with Crippen molar-refractivity contribution in [3.8, 4) is 0 Å². The molecule has 154 valence electrons. The normalized spacial score (nSPS) is 16.5. The van der Waals surface area contributed by atoms with Crippen LogP contribution in [0, 0.1) is 12.8 Å². The van der Waals surface area contributed by atoms with Crippen molar-refractivity contribution in [1.29, 1.82) is 0 Å². The van der Waals surface area contributed by atoms with Gasteiger partial charge in [-0.1, -0.05) is 6.07 Å². The number of likely N-dealkylation sites (N-methyl/N-ethyl adjacent to an activating group) is 1. The SMILES string of the molecule is Cc1ncc(C(=O)N2CCC[C@H](CCC(=O)N(C)CCc3ccccn3)C2)cn1. The molecule has 2 aromatic heterocycles. The first-order valence-corrected chi connectivity index (χ1v) is 10.2. The molecule has 1 fully saturated rings. The molecular formula is C22H29N5O2. The van der Waals surface area contributed by atoms with Gasteiger partial charge < -0.3 is 9.80 Å². The van der Waals surface area contributed by atoms with Crippen molar-refractivity contribution in [3.05, 3.63) is 53.9 Å². The Labute approximate surface area is 172 Å². The van der Waals surface area contributed by atoms with Crippen LogP contribution in [-0.4, -0.2) is 63.2 Å². The second kappa shape index (κ2) is 10.1. The molecule has 1 aliphatic heterocycles. The van der Waals surface area contributed by atoms with Crippen LogP contribution in [0.4, 0.5) is 0 Å². The zero-order valence-electron chi connectivity index (χ0n) is 17.3. The average molecular weight is 396 g/mol. The zero-order valence-corrected chi connectivity index (χ0v) is 17.3. The standard InChI is InChI=1S/C22H29N5O2/c1-17-24-14-19(15-25-17)22(29)27-12-5-6-18(16-27)8-9-21(28)26(2)13-10-20-7-3-4-11-23-20/h3-4,7,11,14-15,18H,5-6,8-10,12-13,16H2,1-2H3/t18-/m1/s1. The molecule has 0 bridgehead atoms. The van der Waals surface area contributed by atoms with Crippen LogP contribution in [0.1, 0.15) is 47.6 Å². The van der Waals surface area contributed by atoms with Gasteiger partial charge in [-0.05, 0) is 44.2 Å². The van der Waals surface area contributed by atoms with Crippen LogP contribution in [-0.2, 0) is 11.2 Å². The van der Waals surface area contributed by atoms with Crippen molar-refractivity contribution < 1.29 is 9.59 Å². The summed E-state index contributed by atoms with van der Waals surface area (Å²) in [5, 5.41) is 0. The number of aromatic nitrogens is 3. The van der Waals surface area contributed by atoms with E-state index in [1.807, 2.05) is 30.1 Å². The zero-order chi connectivity index (χ0) is 20.6. The summed E-state index contributed by atoms with van der Waals surface area (Å²) in [6.45, 7) is 3.91. The van der Waals surface area contributed by atoms with Gasteiger partial charge in [0.15, 0.2) is 0 Å². The predicted octanol–water partition coefficient (Wildman–Crippen LogP) is 2.51. The predicted molar refractivity (Wildman–Crippen MR) is 110 cm³/mol. The van der Waals surface area contributed by atoms with E-state index in [4.69, 9.17) is 0 Å². The van der Waals surface area contributed by atoms with Crippen LogP contribution < -0.4 is 0 Å². The van der Waals surface area contributed by atoms with Crippen molar-refractivity contribution in [2.45, 2.75) is 39.0 Å². The van der Waals surface area contributed by atoms with Crippen LogP contribution in [0.3, 0.4) is 0 Å². The number of likely N-dealkylation sites (tertiary alicyclic amines) is 1. The summed E-state index contributed by atoms with van der Waals surface area (Å²) >= 11 is 0. The molecule has 7 nitrogen and oxygen atoms in total. The molecule has 1 saturated heterocycles. The number of piperidine rings is 1. The van der Waals surface area contributed by atoms with Crippen LogP contribution in [0.25, 0.3) is 0 Å². The fourth-order valence-corrected chi connectivity index (χ4v) is 3.64. The van der Waals surface area contributed by atoms with Crippen LogP contribution in [0.5, 0.6) is 0 Å². The number of hydrogen-bond donors (Lipinski definition) is 0. The molecule has 0 saturated carbocycles. The third kappa shape index (κ3) is 6.07. The molecule has 0 aliphatic carbocycles. The fourth-order valence-electron chi connectivity index (χ4n) is 3.64. The van der Waals surface area contributed by atoms with E-state index in [0.717, 1.165) is 37.9 Å². The molecule has 0 aromatic carbocycles. The quantitative estimate of drug-likeness (QED) is 0.720. The maximum absolute atomic E-state index is 12.7. The van der Waals surface area contributed by atoms with Crippen molar-refractivity contribution in [1.82, 2.24) is 24.8 Å². The minimum absolute atomic E-state index is 0.0199. The van der Waals surface area contributed by atoms with Gasteiger partial charge in [0.25, 0.3) is 5.91 Å². The lowest BCUT2D eigenvalue weighted by atomic mass is 9.93. The number of aryl methyl sites for hydroxylation is 1. The number of pyridine rings is 1. The Bertz CT molecular complexity index is 810. The maximum atomic E-state index is 12.7. The number of nitrogens with zero attached hydrogens (tertiary/aromatic N) is 5. The minimum atomic E-state index is -0.0199. The Morgan fingerprint density at radius 3 is 2.72 bits per heavy atom. The lowest BCUT2D eigenvalue weighted by molar-refractivity contribution is -0.130. The molecule has 0 unspecified atom stereocenters. The Balaban J connectivity index is 1.44. The van der Waals surface area contributed by atoms with Gasteiger partial charge in [-0.2, -0.15) is 0 Å². The number of carbonyl (C=O) groups is 2. The first kappa shape index (κ1) is 20.9. The summed E-state index contributed by atoms with van der Waals surface area (Å²) in [6, 6.07) is 5.83. The first-order chi connectivity index (χ1) is 14.0. The van der Waals surface area contributed by atoms with Gasteiger partial charge >= 0.3 is 0 Å². The number of amides is 2. The van der Waals surface area contributed by atoms with Crippen LogP contribution in [0.15, 0.2) is 36.8 Å². The van der Waals surface area contributed by atoms with E-state index in [-0.39, 0.29) is 11.8 Å². The lowest BCUT2D eigenvalue weighted by Gasteiger charge is -2.33. The molecule has 3 heterocycles. The van der Waals surface area contributed by atoms with Gasteiger partial charge in [0, 0.05) is 63.8 Å². The molecule has 7 heteroatoms. The highest BCUT2D eigenvalue weighted by molar-refractivity contribution is 5.93. The van der Waals surface area contributed by atoms with Gasteiger partial charge in [0.1, 0.15) is 5.82 Å². The van der Waals surface area contributed by atoms with E-state index in [1.165, 1.54) is 0 Å². The maximum Gasteiger partial charge on any atom is 0.256 e. The molecule has 2 aromatic rings. The molecule has 0 radical (unpaired) electrons. The third-order valence-electron chi connectivity index (χ3n) is 5.46. The smallest absolute Gasteiger partial charge is 0.256 e. The highest BCUT2D eigenvalue weighted by Crippen LogP contribution is 2.22. The van der Waals surface area contributed by atoms with Crippen molar-refractivity contribution in [2.24, 2.45) is 5.92 Å². The molecule has 29 heavy (non-hydrogen) atoms. The third-order valence-corrected chi connectivity index (χ3v) is 5.46. The van der Waals surface area contributed by atoms with Crippen molar-refractivity contribution in [2.75, 3.05) is 26.7 Å². The molecular weight excluding hydrogens is 366 g/mol. The van der Waals surface area contributed by atoms with Gasteiger partial charge in [-0.25, -0.2) is 9.97 Å². The molecule has 2 amide bonds. The van der Waals surface area contributed by atoms with Gasteiger partial charge in [-0.3, -0.25) is 14.6 Å². The minimum Gasteiger partial charge on any atom is -0.345 e. The van der Waals surface area contributed by atoms with E-state index >= 15 is 0 Å². The number of carbonyl (C=O) groups excluding carboxylic acids is 2. The van der Waals surface area contributed by atoms with E-state index in [0.29, 0.717) is 36.8 Å². The fraction of sp³-hybridized carbons (Fsp3) is 0.500. The largest absolute Gasteiger partial charge is 0.345 e. The second-order valence-electron chi connectivity index (χ2n) is 7.70. The van der Waals surface area contributed by atoms with Gasteiger partial charge in [-0.15, -0.1) is 0 Å². The average Bonchev–Trinajstić information content (AvgIpc) is 2.76. The van der Waals surface area contributed by atoms with Gasteiger partial charge in [0.05, 0.1) is 5.56 Å². The molecule has 1 atom stereocenters. The van der Waals surface area contributed by atoms with Crippen LogP contribution in [0.2, 0.25) is 0 Å². The Morgan fingerprint density at radius 1 is 1.21 bits per heavy atom. The highest BCUT2D eigenvalue weighted by atomic mass is 16.2. The van der Waals surface area contributed by atoms with E-state index in [9.17, 15) is 9.59 Å².